The molecule has 0 bridgehead atoms. The highest BCUT2D eigenvalue weighted by atomic mass is 16.2. The Kier molecular flexibility index (Phi) is 3.73. The molecule has 1 heterocycles. The van der Waals surface area contributed by atoms with Gasteiger partial charge < -0.3 is 10.6 Å². The minimum absolute atomic E-state index is 0.0339. The van der Waals surface area contributed by atoms with Crippen LogP contribution in [0.2, 0.25) is 0 Å². The second kappa shape index (κ2) is 5.46. The molecule has 1 atom stereocenters. The van der Waals surface area contributed by atoms with Gasteiger partial charge in [-0.2, -0.15) is 5.26 Å². The summed E-state index contributed by atoms with van der Waals surface area (Å²) in [6.45, 7) is 1.44. The molecule has 4 heteroatoms. The lowest BCUT2D eigenvalue weighted by Crippen LogP contribution is -2.39. The molecule has 88 valence electrons. The van der Waals surface area contributed by atoms with E-state index in [4.69, 9.17) is 5.26 Å². The van der Waals surface area contributed by atoms with Crippen LogP contribution in [0.4, 0.5) is 0 Å². The smallest absolute Gasteiger partial charge is 0.237 e. The maximum Gasteiger partial charge on any atom is 0.237 e. The third-order valence-electron chi connectivity index (χ3n) is 2.93. The zero-order valence-electron chi connectivity index (χ0n) is 9.57. The van der Waals surface area contributed by atoms with Crippen LogP contribution in [0.25, 0.3) is 0 Å². The molecule has 0 radical (unpaired) electrons. The third-order valence-corrected chi connectivity index (χ3v) is 2.93. The first-order valence-corrected chi connectivity index (χ1v) is 5.80. The van der Waals surface area contributed by atoms with E-state index < -0.39 is 0 Å². The van der Waals surface area contributed by atoms with Gasteiger partial charge in [0.15, 0.2) is 0 Å². The van der Waals surface area contributed by atoms with Crippen LogP contribution in [0, 0.1) is 11.3 Å². The Bertz CT molecular complexity index is 427. The molecule has 2 N–H and O–H groups in total. The summed E-state index contributed by atoms with van der Waals surface area (Å²) in [4.78, 5) is 11.7. The predicted octanol–water partition coefficient (Wildman–Crippen LogP) is 0.926. The van der Waals surface area contributed by atoms with Crippen LogP contribution in [0.1, 0.15) is 24.0 Å². The van der Waals surface area contributed by atoms with Crippen LogP contribution in [-0.2, 0) is 11.3 Å². The van der Waals surface area contributed by atoms with E-state index in [0.717, 1.165) is 24.9 Å². The zero-order chi connectivity index (χ0) is 12.1. The Balaban J connectivity index is 1.84. The number of rotatable bonds is 3. The van der Waals surface area contributed by atoms with Crippen LogP contribution >= 0.6 is 0 Å². The Morgan fingerprint density at radius 2 is 2.24 bits per heavy atom. The van der Waals surface area contributed by atoms with Gasteiger partial charge in [0.05, 0.1) is 17.7 Å². The van der Waals surface area contributed by atoms with Crippen LogP contribution < -0.4 is 10.6 Å². The summed E-state index contributed by atoms with van der Waals surface area (Å²) in [6, 6.07) is 9.28. The topological polar surface area (TPSA) is 64.9 Å². The molecular weight excluding hydrogens is 214 g/mol. The van der Waals surface area contributed by atoms with E-state index in [-0.39, 0.29) is 11.9 Å². The first kappa shape index (κ1) is 11.6. The Labute approximate surface area is 101 Å². The molecule has 0 aliphatic carbocycles. The molecule has 1 aliphatic rings. The summed E-state index contributed by atoms with van der Waals surface area (Å²) in [6.07, 6.45) is 1.98. The fourth-order valence-corrected chi connectivity index (χ4v) is 1.92. The summed E-state index contributed by atoms with van der Waals surface area (Å²) in [5.74, 6) is 0.0619. The first-order valence-electron chi connectivity index (χ1n) is 5.80. The molecule has 0 saturated carbocycles. The second-order valence-corrected chi connectivity index (χ2v) is 4.18. The second-order valence-electron chi connectivity index (χ2n) is 4.18. The van der Waals surface area contributed by atoms with Crippen LogP contribution in [0.5, 0.6) is 0 Å². The van der Waals surface area contributed by atoms with Crippen molar-refractivity contribution in [3.05, 3.63) is 35.4 Å². The monoisotopic (exact) mass is 229 g/mol. The van der Waals surface area contributed by atoms with Crippen LogP contribution in [-0.4, -0.2) is 18.5 Å². The SMILES string of the molecule is N#Cc1ccc(CNC(=O)[C@@H]2CCCN2)cc1. The van der Waals surface area contributed by atoms with Crippen molar-refractivity contribution in [1.29, 1.82) is 5.26 Å². The molecule has 1 aliphatic heterocycles. The minimum atomic E-state index is -0.0339. The molecule has 4 nitrogen and oxygen atoms in total. The maximum absolute atomic E-state index is 11.7. The van der Waals surface area contributed by atoms with Gasteiger partial charge in [0.25, 0.3) is 0 Å². The van der Waals surface area contributed by atoms with Crippen molar-refractivity contribution >= 4 is 5.91 Å². The first-order chi connectivity index (χ1) is 8.29. The lowest BCUT2D eigenvalue weighted by molar-refractivity contribution is -0.122. The fourth-order valence-electron chi connectivity index (χ4n) is 1.92. The molecule has 0 spiro atoms. The number of amides is 1. The fraction of sp³-hybridized carbons (Fsp3) is 0.385. The largest absolute Gasteiger partial charge is 0.351 e. The maximum atomic E-state index is 11.7. The van der Waals surface area contributed by atoms with Crippen molar-refractivity contribution in [2.75, 3.05) is 6.54 Å². The number of nitriles is 1. The Morgan fingerprint density at radius 3 is 2.82 bits per heavy atom. The van der Waals surface area contributed by atoms with Crippen LogP contribution in [0.15, 0.2) is 24.3 Å². The predicted molar refractivity (Wildman–Crippen MR) is 64.0 cm³/mol. The number of hydrogen-bond acceptors (Lipinski definition) is 3. The normalized spacial score (nSPS) is 18.6. The average molecular weight is 229 g/mol. The summed E-state index contributed by atoms with van der Waals surface area (Å²) in [5, 5.41) is 14.7. The summed E-state index contributed by atoms with van der Waals surface area (Å²) in [5.41, 5.74) is 1.65. The van der Waals surface area contributed by atoms with E-state index in [1.54, 1.807) is 12.1 Å². The van der Waals surface area contributed by atoms with Crippen molar-refractivity contribution < 1.29 is 4.79 Å². The van der Waals surface area contributed by atoms with Crippen LogP contribution in [0.3, 0.4) is 0 Å². The molecule has 1 saturated heterocycles. The number of carbonyl (C=O) groups is 1. The molecule has 1 aromatic rings. The van der Waals surface area contributed by atoms with Gasteiger partial charge in [-0.05, 0) is 37.1 Å². The molecule has 17 heavy (non-hydrogen) atoms. The molecular formula is C13H15N3O. The van der Waals surface area contributed by atoms with Gasteiger partial charge in [-0.1, -0.05) is 12.1 Å². The molecule has 1 amide bonds. The number of carbonyl (C=O) groups excluding carboxylic acids is 1. The van der Waals surface area contributed by atoms with E-state index in [0.29, 0.717) is 12.1 Å². The summed E-state index contributed by atoms with van der Waals surface area (Å²) >= 11 is 0. The molecule has 1 aromatic carbocycles. The van der Waals surface area contributed by atoms with Crippen molar-refractivity contribution in [2.24, 2.45) is 0 Å². The van der Waals surface area contributed by atoms with Gasteiger partial charge in [0, 0.05) is 6.54 Å². The highest BCUT2D eigenvalue weighted by Gasteiger charge is 2.21. The van der Waals surface area contributed by atoms with Gasteiger partial charge in [-0.15, -0.1) is 0 Å². The van der Waals surface area contributed by atoms with Gasteiger partial charge in [0.1, 0.15) is 0 Å². The van der Waals surface area contributed by atoms with Crippen molar-refractivity contribution in [3.63, 3.8) is 0 Å². The number of benzene rings is 1. The number of nitrogens with one attached hydrogen (secondary N) is 2. The van der Waals surface area contributed by atoms with Crippen molar-refractivity contribution in [1.82, 2.24) is 10.6 Å². The van der Waals surface area contributed by atoms with Gasteiger partial charge in [-0.25, -0.2) is 0 Å². The van der Waals surface area contributed by atoms with Gasteiger partial charge in [-0.3, -0.25) is 4.79 Å². The highest BCUT2D eigenvalue weighted by Crippen LogP contribution is 2.06. The zero-order valence-corrected chi connectivity index (χ0v) is 9.57. The Morgan fingerprint density at radius 1 is 1.47 bits per heavy atom. The highest BCUT2D eigenvalue weighted by molar-refractivity contribution is 5.81. The van der Waals surface area contributed by atoms with E-state index in [1.165, 1.54) is 0 Å². The van der Waals surface area contributed by atoms with E-state index in [2.05, 4.69) is 16.7 Å². The summed E-state index contributed by atoms with van der Waals surface area (Å²) in [7, 11) is 0. The number of hydrogen-bond donors (Lipinski definition) is 2. The molecule has 0 unspecified atom stereocenters. The van der Waals surface area contributed by atoms with Gasteiger partial charge >= 0.3 is 0 Å². The average Bonchev–Trinajstić information content (AvgIpc) is 2.90. The molecule has 1 fully saturated rings. The standard InChI is InChI=1S/C13H15N3O/c14-8-10-3-5-11(6-4-10)9-16-13(17)12-2-1-7-15-12/h3-6,12,15H,1-2,7,9H2,(H,16,17)/t12-/m0/s1. The lowest BCUT2D eigenvalue weighted by Gasteiger charge is -2.10. The van der Waals surface area contributed by atoms with Crippen molar-refractivity contribution in [2.45, 2.75) is 25.4 Å². The molecule has 0 aromatic heterocycles. The summed E-state index contributed by atoms with van der Waals surface area (Å²) < 4.78 is 0. The quantitative estimate of drug-likeness (QED) is 0.810. The number of nitrogens with zero attached hydrogens (tertiary/aromatic N) is 1. The van der Waals surface area contributed by atoms with Gasteiger partial charge in [0.2, 0.25) is 5.91 Å². The third kappa shape index (κ3) is 3.05. The van der Waals surface area contributed by atoms with E-state index in [1.807, 2.05) is 12.1 Å². The lowest BCUT2D eigenvalue weighted by atomic mass is 10.1. The minimum Gasteiger partial charge on any atom is -0.351 e. The molecule has 2 rings (SSSR count). The Hall–Kier alpha value is -1.86. The van der Waals surface area contributed by atoms with Crippen molar-refractivity contribution in [3.8, 4) is 6.07 Å². The van der Waals surface area contributed by atoms with E-state index in [9.17, 15) is 4.79 Å². The van der Waals surface area contributed by atoms with E-state index >= 15 is 0 Å².